The molecule has 1 aromatic heterocycles. The van der Waals surface area contributed by atoms with Crippen LogP contribution in [0.2, 0.25) is 0 Å². The number of ketones is 1. The van der Waals surface area contributed by atoms with Crippen LogP contribution in [-0.4, -0.2) is 37.1 Å². The van der Waals surface area contributed by atoms with Crippen molar-refractivity contribution in [3.05, 3.63) is 67.3 Å². The van der Waals surface area contributed by atoms with Gasteiger partial charge in [0.05, 0.1) is 17.0 Å². The highest BCUT2D eigenvalue weighted by Crippen LogP contribution is 2.33. The number of carbonyl (C=O) groups excluding carboxylic acids is 2. The number of rotatable bonds is 8. The lowest BCUT2D eigenvalue weighted by atomic mass is 10.0. The average molecular weight is 496 g/mol. The van der Waals surface area contributed by atoms with Crippen molar-refractivity contribution in [1.29, 1.82) is 5.26 Å². The quantitative estimate of drug-likeness (QED) is 0.252. The first-order valence-corrected chi connectivity index (χ1v) is 12.1. The molecule has 2 heterocycles. The maximum absolute atomic E-state index is 13.2. The zero-order chi connectivity index (χ0) is 25.0. The molecule has 1 aromatic carbocycles. The Hall–Kier alpha value is -3.22. The first kappa shape index (κ1) is 25.4. The van der Waals surface area contributed by atoms with Gasteiger partial charge in [0.1, 0.15) is 16.0 Å². The SMILES string of the molecule is CCCCCn1c(O)c(C(=O)CN2C(=O)/C(=C/c3ccc(C)cc3)SC2=S)c(C)c(C#N)c1=O. The van der Waals surface area contributed by atoms with E-state index in [1.807, 2.05) is 44.2 Å². The molecule has 0 radical (unpaired) electrons. The van der Waals surface area contributed by atoms with Gasteiger partial charge in [-0.1, -0.05) is 73.6 Å². The summed E-state index contributed by atoms with van der Waals surface area (Å²) < 4.78 is 1.29. The van der Waals surface area contributed by atoms with Crippen LogP contribution in [0.15, 0.2) is 34.0 Å². The number of aryl methyl sites for hydroxylation is 1. The van der Waals surface area contributed by atoms with E-state index < -0.39 is 29.7 Å². The number of nitrogens with zero attached hydrogens (tertiary/aromatic N) is 3. The molecular formula is C25H25N3O4S2. The Kier molecular flexibility index (Phi) is 8.07. The predicted molar refractivity (Wildman–Crippen MR) is 137 cm³/mol. The Labute approximate surface area is 207 Å². The lowest BCUT2D eigenvalue weighted by Crippen LogP contribution is -2.35. The molecule has 0 saturated carbocycles. The molecule has 1 aliphatic heterocycles. The van der Waals surface area contributed by atoms with Crippen LogP contribution < -0.4 is 5.56 Å². The highest BCUT2D eigenvalue weighted by Gasteiger charge is 2.35. The largest absolute Gasteiger partial charge is 0.494 e. The summed E-state index contributed by atoms with van der Waals surface area (Å²) in [5.41, 5.74) is 1.08. The second kappa shape index (κ2) is 10.8. The summed E-state index contributed by atoms with van der Waals surface area (Å²) in [5, 5.41) is 20.3. The van der Waals surface area contributed by atoms with Gasteiger partial charge in [-0.2, -0.15) is 5.26 Å². The Morgan fingerprint density at radius 3 is 2.50 bits per heavy atom. The zero-order valence-corrected chi connectivity index (χ0v) is 20.9. The van der Waals surface area contributed by atoms with Crippen LogP contribution in [-0.2, 0) is 11.3 Å². The van der Waals surface area contributed by atoms with Crippen LogP contribution in [0.25, 0.3) is 6.08 Å². The van der Waals surface area contributed by atoms with Crippen molar-refractivity contribution in [2.24, 2.45) is 0 Å². The fourth-order valence-corrected chi connectivity index (χ4v) is 4.94. The van der Waals surface area contributed by atoms with Gasteiger partial charge in [-0.05, 0) is 37.5 Å². The van der Waals surface area contributed by atoms with Crippen molar-refractivity contribution < 1.29 is 14.7 Å². The Balaban J connectivity index is 1.91. The van der Waals surface area contributed by atoms with Crippen molar-refractivity contribution in [2.75, 3.05) is 6.54 Å². The average Bonchev–Trinajstić information content (AvgIpc) is 3.05. The number of aromatic nitrogens is 1. The van der Waals surface area contributed by atoms with Gasteiger partial charge < -0.3 is 5.11 Å². The third kappa shape index (κ3) is 5.13. The lowest BCUT2D eigenvalue weighted by Gasteiger charge is -2.18. The van der Waals surface area contributed by atoms with E-state index >= 15 is 0 Å². The van der Waals surface area contributed by atoms with Crippen LogP contribution in [0.4, 0.5) is 0 Å². The Morgan fingerprint density at radius 1 is 1.21 bits per heavy atom. The molecule has 0 bridgehead atoms. The van der Waals surface area contributed by atoms with Gasteiger partial charge >= 0.3 is 0 Å². The van der Waals surface area contributed by atoms with E-state index in [1.165, 1.54) is 11.8 Å². The smallest absolute Gasteiger partial charge is 0.271 e. The first-order chi connectivity index (χ1) is 16.2. The lowest BCUT2D eigenvalue weighted by molar-refractivity contribution is -0.121. The zero-order valence-electron chi connectivity index (χ0n) is 19.3. The molecule has 3 rings (SSSR count). The van der Waals surface area contributed by atoms with E-state index in [0.29, 0.717) is 11.3 Å². The molecular weight excluding hydrogens is 470 g/mol. The summed E-state index contributed by atoms with van der Waals surface area (Å²) in [6, 6.07) is 9.50. The Morgan fingerprint density at radius 2 is 1.88 bits per heavy atom. The van der Waals surface area contributed by atoms with Crippen molar-refractivity contribution in [3.8, 4) is 11.9 Å². The Bertz CT molecular complexity index is 1290. The summed E-state index contributed by atoms with van der Waals surface area (Å²) in [6.07, 6.45) is 4.06. The molecule has 1 fully saturated rings. The van der Waals surface area contributed by atoms with Crippen LogP contribution in [0, 0.1) is 25.2 Å². The summed E-state index contributed by atoms with van der Waals surface area (Å²) in [4.78, 5) is 40.4. The molecule has 2 aromatic rings. The van der Waals surface area contributed by atoms with Gasteiger partial charge in [-0.15, -0.1) is 0 Å². The molecule has 1 saturated heterocycles. The molecule has 0 unspecified atom stereocenters. The van der Waals surface area contributed by atoms with Gasteiger partial charge in [0.2, 0.25) is 5.88 Å². The van der Waals surface area contributed by atoms with Gasteiger partial charge in [-0.3, -0.25) is 23.9 Å². The molecule has 34 heavy (non-hydrogen) atoms. The monoisotopic (exact) mass is 495 g/mol. The molecule has 1 aliphatic rings. The molecule has 0 atom stereocenters. The number of nitriles is 1. The second-order valence-electron chi connectivity index (χ2n) is 8.08. The third-order valence-corrected chi connectivity index (χ3v) is 6.99. The summed E-state index contributed by atoms with van der Waals surface area (Å²) in [7, 11) is 0. The number of aromatic hydroxyl groups is 1. The van der Waals surface area contributed by atoms with Crippen LogP contribution >= 0.6 is 24.0 Å². The molecule has 176 valence electrons. The number of hydrogen-bond acceptors (Lipinski definition) is 7. The van der Waals surface area contributed by atoms with Crippen LogP contribution in [0.1, 0.15) is 58.8 Å². The van der Waals surface area contributed by atoms with Crippen molar-refractivity contribution in [3.63, 3.8) is 0 Å². The minimum absolute atomic E-state index is 0.0994. The van der Waals surface area contributed by atoms with E-state index in [4.69, 9.17) is 12.2 Å². The van der Waals surface area contributed by atoms with E-state index in [-0.39, 0.29) is 27.6 Å². The van der Waals surface area contributed by atoms with Crippen molar-refractivity contribution in [2.45, 2.75) is 46.6 Å². The fourth-order valence-electron chi connectivity index (χ4n) is 3.69. The van der Waals surface area contributed by atoms with Gasteiger partial charge in [-0.25, -0.2) is 0 Å². The van der Waals surface area contributed by atoms with Gasteiger partial charge in [0.15, 0.2) is 5.78 Å². The third-order valence-electron chi connectivity index (χ3n) is 5.61. The number of hydrogen-bond donors (Lipinski definition) is 1. The minimum atomic E-state index is -0.628. The van der Waals surface area contributed by atoms with E-state index in [2.05, 4.69) is 0 Å². The first-order valence-electron chi connectivity index (χ1n) is 10.9. The predicted octanol–water partition coefficient (Wildman–Crippen LogP) is 4.32. The number of benzene rings is 1. The number of carbonyl (C=O) groups is 2. The number of amides is 1. The summed E-state index contributed by atoms with van der Waals surface area (Å²) in [5.74, 6) is -1.48. The highest BCUT2D eigenvalue weighted by molar-refractivity contribution is 8.26. The maximum Gasteiger partial charge on any atom is 0.271 e. The number of thiocarbonyl (C=S) groups is 1. The number of thioether (sulfide) groups is 1. The highest BCUT2D eigenvalue weighted by atomic mass is 32.2. The number of pyridine rings is 1. The molecule has 1 N–H and O–H groups in total. The number of unbranched alkanes of at least 4 members (excludes halogenated alkanes) is 2. The second-order valence-corrected chi connectivity index (χ2v) is 9.75. The molecule has 0 spiro atoms. The molecule has 7 nitrogen and oxygen atoms in total. The van der Waals surface area contributed by atoms with E-state index in [0.717, 1.165) is 40.3 Å². The number of Topliss-reactive ketones (excluding diaryl/α,β-unsaturated/α-hetero) is 1. The topological polar surface area (TPSA) is 103 Å². The molecule has 9 heteroatoms. The fraction of sp³-hybridized carbons (Fsp3) is 0.320. The van der Waals surface area contributed by atoms with Gasteiger partial charge in [0, 0.05) is 6.54 Å². The van der Waals surface area contributed by atoms with Crippen molar-refractivity contribution >= 4 is 46.1 Å². The van der Waals surface area contributed by atoms with E-state index in [9.17, 15) is 24.8 Å². The molecule has 0 aliphatic carbocycles. The molecule has 1 amide bonds. The van der Waals surface area contributed by atoms with Crippen LogP contribution in [0.5, 0.6) is 5.88 Å². The minimum Gasteiger partial charge on any atom is -0.494 e. The van der Waals surface area contributed by atoms with Gasteiger partial charge in [0.25, 0.3) is 11.5 Å². The standard InChI is InChI=1S/C25H25N3O4S2/c1-4-5-6-11-27-22(30)18(13-26)16(3)21(24(27)32)19(29)14-28-23(31)20(34-25(28)33)12-17-9-7-15(2)8-10-17/h7-10,12,32H,4-6,11,14H2,1-3H3/b20-12-. The normalized spacial score (nSPS) is 14.6. The summed E-state index contributed by atoms with van der Waals surface area (Å²) >= 11 is 6.44. The maximum atomic E-state index is 13.2. The van der Waals surface area contributed by atoms with Crippen molar-refractivity contribution in [1.82, 2.24) is 9.47 Å². The summed E-state index contributed by atoms with van der Waals surface area (Å²) in [6.45, 7) is 5.21. The van der Waals surface area contributed by atoms with E-state index in [1.54, 1.807) is 6.08 Å². The van der Waals surface area contributed by atoms with Crippen LogP contribution in [0.3, 0.4) is 0 Å².